The highest BCUT2D eigenvalue weighted by molar-refractivity contribution is 6.01. The highest BCUT2D eigenvalue weighted by Gasteiger charge is 2.26. The van der Waals surface area contributed by atoms with Crippen LogP contribution in [-0.4, -0.2) is 42.8 Å². The predicted molar refractivity (Wildman–Crippen MR) is 98.4 cm³/mol. The summed E-state index contributed by atoms with van der Waals surface area (Å²) in [6.07, 6.45) is -4.32. The number of benzene rings is 1. The molecule has 0 aromatic heterocycles. The lowest BCUT2D eigenvalue weighted by molar-refractivity contribution is -0.132. The third-order valence-electron chi connectivity index (χ3n) is 3.77. The van der Waals surface area contributed by atoms with Crippen LogP contribution in [0.2, 0.25) is 0 Å². The first-order chi connectivity index (χ1) is 11.6. The Morgan fingerprint density at radius 1 is 1.20 bits per heavy atom. The zero-order chi connectivity index (χ0) is 19.0. The molecule has 0 amide bonds. The van der Waals surface area contributed by atoms with Crippen LogP contribution in [-0.2, 0) is 6.42 Å². The normalized spacial score (nSPS) is 12.4. The van der Waals surface area contributed by atoms with E-state index in [0.717, 1.165) is 24.2 Å². The van der Waals surface area contributed by atoms with E-state index in [0.29, 0.717) is 11.6 Å². The van der Waals surface area contributed by atoms with Crippen LogP contribution >= 0.6 is 0 Å². The lowest BCUT2D eigenvalue weighted by Crippen LogP contribution is -2.30. The molecular weight excluding hydrogens is 327 g/mol. The Morgan fingerprint density at radius 2 is 1.80 bits per heavy atom. The number of nitrogens with zero attached hydrogens (tertiary/aromatic N) is 3. The first-order valence-electron chi connectivity index (χ1n) is 8.23. The molecule has 0 aliphatic heterocycles. The van der Waals surface area contributed by atoms with Gasteiger partial charge >= 0.3 is 6.18 Å². The van der Waals surface area contributed by atoms with Crippen LogP contribution < -0.4 is 0 Å². The van der Waals surface area contributed by atoms with Crippen molar-refractivity contribution in [3.63, 3.8) is 0 Å². The summed E-state index contributed by atoms with van der Waals surface area (Å²) in [5.74, 6) is 0.238. The molecule has 0 aliphatic rings. The molecule has 0 fully saturated rings. The number of hydrogen-bond acceptors (Lipinski definition) is 2. The first-order valence-corrected chi connectivity index (χ1v) is 8.23. The second kappa shape index (κ2) is 9.39. The van der Waals surface area contributed by atoms with Gasteiger partial charge in [-0.2, -0.15) is 13.2 Å². The van der Waals surface area contributed by atoms with Gasteiger partial charge in [0.1, 0.15) is 0 Å². The van der Waals surface area contributed by atoms with E-state index in [-0.39, 0.29) is 12.4 Å². The SMILES string of the molecule is C=NC(=NCCC(F)(F)F)c1ccc(CCN(C(=C)C)C(C)C)cc1. The molecule has 25 heavy (non-hydrogen) atoms. The highest BCUT2D eigenvalue weighted by Crippen LogP contribution is 2.19. The van der Waals surface area contributed by atoms with Crippen LogP contribution in [0.25, 0.3) is 0 Å². The molecule has 1 rings (SSSR count). The average Bonchev–Trinajstić information content (AvgIpc) is 2.51. The molecule has 138 valence electrons. The molecule has 0 radical (unpaired) electrons. The van der Waals surface area contributed by atoms with Gasteiger partial charge in [0.2, 0.25) is 0 Å². The molecule has 0 aliphatic carbocycles. The van der Waals surface area contributed by atoms with Gasteiger partial charge in [-0.25, -0.2) is 4.99 Å². The zero-order valence-corrected chi connectivity index (χ0v) is 15.1. The van der Waals surface area contributed by atoms with Crippen molar-refractivity contribution < 1.29 is 13.2 Å². The van der Waals surface area contributed by atoms with Crippen molar-refractivity contribution in [1.82, 2.24) is 4.90 Å². The molecular formula is C19H26F3N3. The van der Waals surface area contributed by atoms with Crippen LogP contribution in [0.3, 0.4) is 0 Å². The van der Waals surface area contributed by atoms with Gasteiger partial charge in [0.15, 0.2) is 5.84 Å². The Labute approximate surface area is 148 Å². The van der Waals surface area contributed by atoms with Gasteiger partial charge in [0.05, 0.1) is 6.42 Å². The summed E-state index contributed by atoms with van der Waals surface area (Å²) in [6, 6.07) is 7.90. The maximum Gasteiger partial charge on any atom is 0.390 e. The molecule has 6 heteroatoms. The smallest absolute Gasteiger partial charge is 0.373 e. The summed E-state index contributed by atoms with van der Waals surface area (Å²) in [4.78, 5) is 9.86. The minimum absolute atomic E-state index is 0.238. The van der Waals surface area contributed by atoms with Crippen LogP contribution in [0, 0.1) is 0 Å². The molecule has 1 aromatic carbocycles. The molecule has 0 saturated carbocycles. The number of rotatable bonds is 8. The minimum Gasteiger partial charge on any atom is -0.373 e. The van der Waals surface area contributed by atoms with Gasteiger partial charge in [-0.05, 0) is 39.5 Å². The lowest BCUT2D eigenvalue weighted by Gasteiger charge is -2.29. The van der Waals surface area contributed by atoms with E-state index < -0.39 is 12.6 Å². The van der Waals surface area contributed by atoms with Crippen molar-refractivity contribution in [2.45, 2.75) is 45.8 Å². The minimum atomic E-state index is -4.22. The molecule has 0 heterocycles. The summed E-state index contributed by atoms with van der Waals surface area (Å²) in [5.41, 5.74) is 2.83. The van der Waals surface area contributed by atoms with E-state index in [1.165, 1.54) is 0 Å². The molecule has 0 saturated heterocycles. The van der Waals surface area contributed by atoms with E-state index in [4.69, 9.17) is 0 Å². The molecule has 0 N–H and O–H groups in total. The number of aliphatic imine (C=N–C) groups is 2. The first kappa shape index (κ1) is 20.9. The number of allylic oxidation sites excluding steroid dienone is 1. The van der Waals surface area contributed by atoms with E-state index in [2.05, 4.69) is 42.0 Å². The summed E-state index contributed by atoms with van der Waals surface area (Å²) in [7, 11) is 0. The number of halogens is 3. The van der Waals surface area contributed by atoms with Gasteiger partial charge in [-0.1, -0.05) is 30.8 Å². The Bertz CT molecular complexity index is 601. The molecule has 0 spiro atoms. The van der Waals surface area contributed by atoms with Gasteiger partial charge < -0.3 is 4.90 Å². The fourth-order valence-corrected chi connectivity index (χ4v) is 2.48. The van der Waals surface area contributed by atoms with Gasteiger partial charge in [0.25, 0.3) is 0 Å². The van der Waals surface area contributed by atoms with E-state index in [9.17, 15) is 13.2 Å². The summed E-state index contributed by atoms with van der Waals surface area (Å²) in [6.45, 7) is 14.1. The maximum absolute atomic E-state index is 12.2. The Balaban J connectivity index is 2.72. The second-order valence-electron chi connectivity index (χ2n) is 6.20. The lowest BCUT2D eigenvalue weighted by atomic mass is 10.1. The average molecular weight is 353 g/mol. The molecule has 0 bridgehead atoms. The second-order valence-corrected chi connectivity index (χ2v) is 6.20. The van der Waals surface area contributed by atoms with Crippen molar-refractivity contribution >= 4 is 12.6 Å². The zero-order valence-electron chi connectivity index (χ0n) is 15.1. The standard InChI is InChI=1S/C19H26F3N3/c1-14(2)25(15(3)4)13-10-16-6-8-17(9-7-16)18(23-5)24-12-11-19(20,21)22/h6-9,15H,1,5,10-13H2,2-4H3. The summed E-state index contributed by atoms with van der Waals surface area (Å²) < 4.78 is 36.6. The Morgan fingerprint density at radius 3 is 2.24 bits per heavy atom. The quantitative estimate of drug-likeness (QED) is 0.484. The molecule has 1 aromatic rings. The van der Waals surface area contributed by atoms with Crippen molar-refractivity contribution in [3.8, 4) is 0 Å². The Hall–Kier alpha value is -2.11. The Kier molecular flexibility index (Phi) is 7.87. The monoisotopic (exact) mass is 353 g/mol. The number of hydrogen-bond donors (Lipinski definition) is 0. The third kappa shape index (κ3) is 7.54. The molecule has 0 unspecified atom stereocenters. The van der Waals surface area contributed by atoms with E-state index >= 15 is 0 Å². The van der Waals surface area contributed by atoms with Crippen molar-refractivity contribution in [2.75, 3.05) is 13.1 Å². The van der Waals surface area contributed by atoms with Crippen LogP contribution in [0.5, 0.6) is 0 Å². The van der Waals surface area contributed by atoms with E-state index in [1.54, 1.807) is 0 Å². The summed E-state index contributed by atoms with van der Waals surface area (Å²) in [5, 5.41) is 0. The third-order valence-corrected chi connectivity index (χ3v) is 3.77. The maximum atomic E-state index is 12.2. The van der Waals surface area contributed by atoms with Crippen molar-refractivity contribution in [1.29, 1.82) is 0 Å². The predicted octanol–water partition coefficient (Wildman–Crippen LogP) is 4.87. The summed E-state index contributed by atoms with van der Waals surface area (Å²) >= 11 is 0. The topological polar surface area (TPSA) is 28.0 Å². The molecule has 3 nitrogen and oxygen atoms in total. The fourth-order valence-electron chi connectivity index (χ4n) is 2.48. The van der Waals surface area contributed by atoms with Crippen LogP contribution in [0.1, 0.15) is 38.3 Å². The van der Waals surface area contributed by atoms with Crippen molar-refractivity contribution in [3.05, 3.63) is 47.7 Å². The number of amidine groups is 1. The largest absolute Gasteiger partial charge is 0.390 e. The number of alkyl halides is 3. The highest BCUT2D eigenvalue weighted by atomic mass is 19.4. The van der Waals surface area contributed by atoms with Gasteiger partial charge in [-0.15, -0.1) is 0 Å². The van der Waals surface area contributed by atoms with E-state index in [1.807, 2.05) is 31.2 Å². The van der Waals surface area contributed by atoms with Crippen LogP contribution in [0.15, 0.2) is 46.5 Å². The van der Waals surface area contributed by atoms with Gasteiger partial charge in [0, 0.05) is 30.4 Å². The van der Waals surface area contributed by atoms with Crippen molar-refractivity contribution in [2.24, 2.45) is 9.98 Å². The molecule has 0 atom stereocenters. The van der Waals surface area contributed by atoms with Gasteiger partial charge in [-0.3, -0.25) is 4.99 Å². The van der Waals surface area contributed by atoms with Crippen LogP contribution in [0.4, 0.5) is 13.2 Å². The fraction of sp³-hybridized carbons (Fsp3) is 0.474.